The second-order valence-corrected chi connectivity index (χ2v) is 6.16. The molecule has 0 spiro atoms. The second-order valence-electron chi connectivity index (χ2n) is 6.16. The molecule has 20 heavy (non-hydrogen) atoms. The summed E-state index contributed by atoms with van der Waals surface area (Å²) >= 11 is 0. The molecule has 2 rings (SSSR count). The van der Waals surface area contributed by atoms with Gasteiger partial charge in [-0.25, -0.2) is 0 Å². The van der Waals surface area contributed by atoms with Crippen LogP contribution in [-0.2, 0) is 17.8 Å². The van der Waals surface area contributed by atoms with Crippen molar-refractivity contribution in [1.82, 2.24) is 4.90 Å². The smallest absolute Gasteiger partial charge is 0.226 e. The number of carbonyl (C=O) groups is 1. The Labute approximate surface area is 122 Å². The van der Waals surface area contributed by atoms with Gasteiger partial charge in [-0.15, -0.1) is 0 Å². The highest BCUT2D eigenvalue weighted by atomic mass is 16.2. The predicted octanol–water partition coefficient (Wildman–Crippen LogP) is 2.58. The van der Waals surface area contributed by atoms with Crippen molar-refractivity contribution in [1.29, 1.82) is 0 Å². The van der Waals surface area contributed by atoms with E-state index in [0.717, 1.165) is 48.9 Å². The van der Waals surface area contributed by atoms with Crippen LogP contribution in [0.1, 0.15) is 37.8 Å². The molecule has 3 heteroatoms. The number of hydrogen-bond donors (Lipinski definition) is 1. The summed E-state index contributed by atoms with van der Waals surface area (Å²) in [5.41, 5.74) is 7.77. The molecule has 1 heterocycles. The quantitative estimate of drug-likeness (QED) is 0.917. The van der Waals surface area contributed by atoms with Crippen LogP contribution in [0.4, 0.5) is 0 Å². The topological polar surface area (TPSA) is 46.3 Å². The number of likely N-dealkylation sites (tertiary alicyclic amines) is 1. The minimum absolute atomic E-state index is 0.257. The highest BCUT2D eigenvalue weighted by molar-refractivity contribution is 5.78. The van der Waals surface area contributed by atoms with E-state index in [1.807, 2.05) is 29.2 Å². The summed E-state index contributed by atoms with van der Waals surface area (Å²) in [5.74, 6) is 1.77. The molecule has 0 radical (unpaired) electrons. The van der Waals surface area contributed by atoms with Crippen LogP contribution in [0.3, 0.4) is 0 Å². The third kappa shape index (κ3) is 3.83. The zero-order valence-corrected chi connectivity index (χ0v) is 12.6. The zero-order chi connectivity index (χ0) is 14.5. The normalized spacial score (nSPS) is 16.7. The summed E-state index contributed by atoms with van der Waals surface area (Å²) in [4.78, 5) is 14.3. The first kappa shape index (κ1) is 15.0. The lowest BCUT2D eigenvalue weighted by molar-refractivity contribution is -0.132. The molecule has 1 saturated heterocycles. The minimum atomic E-state index is 0.257. The van der Waals surface area contributed by atoms with Gasteiger partial charge < -0.3 is 10.6 Å². The van der Waals surface area contributed by atoms with Gasteiger partial charge in [-0.05, 0) is 35.8 Å². The molecule has 3 nitrogen and oxygen atoms in total. The fraction of sp³-hybridized carbons (Fsp3) is 0.588. The van der Waals surface area contributed by atoms with E-state index in [1.54, 1.807) is 0 Å². The Balaban J connectivity index is 1.86. The number of carbonyl (C=O) groups excluding carboxylic acids is 1. The lowest BCUT2D eigenvalue weighted by Gasteiger charge is -2.34. The van der Waals surface area contributed by atoms with Gasteiger partial charge in [-0.3, -0.25) is 4.79 Å². The number of piperidine rings is 1. The largest absolute Gasteiger partial charge is 0.342 e. The van der Waals surface area contributed by atoms with E-state index in [4.69, 9.17) is 5.73 Å². The van der Waals surface area contributed by atoms with Crippen LogP contribution in [0.2, 0.25) is 0 Å². The van der Waals surface area contributed by atoms with Crippen LogP contribution in [0.5, 0.6) is 0 Å². The van der Waals surface area contributed by atoms with E-state index in [9.17, 15) is 4.79 Å². The lowest BCUT2D eigenvalue weighted by Crippen LogP contribution is -2.40. The molecule has 0 aliphatic carbocycles. The Hall–Kier alpha value is -1.35. The minimum Gasteiger partial charge on any atom is -0.342 e. The molecule has 0 saturated carbocycles. The maximum atomic E-state index is 12.3. The van der Waals surface area contributed by atoms with E-state index in [-0.39, 0.29) is 5.91 Å². The Kier molecular flexibility index (Phi) is 5.18. The van der Waals surface area contributed by atoms with E-state index in [1.165, 1.54) is 0 Å². The van der Waals surface area contributed by atoms with Gasteiger partial charge in [0.2, 0.25) is 5.91 Å². The average Bonchev–Trinajstić information content (AvgIpc) is 2.48. The predicted molar refractivity (Wildman–Crippen MR) is 82.2 cm³/mol. The van der Waals surface area contributed by atoms with E-state index in [0.29, 0.717) is 13.0 Å². The molecular formula is C17H26N2O. The molecule has 0 unspecified atom stereocenters. The first-order valence-corrected chi connectivity index (χ1v) is 7.65. The first-order chi connectivity index (χ1) is 9.60. The van der Waals surface area contributed by atoms with E-state index < -0.39 is 0 Å². The van der Waals surface area contributed by atoms with Crippen LogP contribution in [0.25, 0.3) is 0 Å². The molecule has 1 amide bonds. The number of hydrogen-bond acceptors (Lipinski definition) is 2. The maximum absolute atomic E-state index is 12.3. The molecule has 1 aliphatic heterocycles. The summed E-state index contributed by atoms with van der Waals surface area (Å²) in [7, 11) is 0. The third-order valence-electron chi connectivity index (χ3n) is 4.45. The monoisotopic (exact) mass is 274 g/mol. The van der Waals surface area contributed by atoms with Gasteiger partial charge in [0.15, 0.2) is 0 Å². The Morgan fingerprint density at radius 2 is 1.75 bits per heavy atom. The molecular weight excluding hydrogens is 248 g/mol. The summed E-state index contributed by atoms with van der Waals surface area (Å²) in [5, 5.41) is 0. The Bertz CT molecular complexity index is 431. The Morgan fingerprint density at radius 1 is 1.20 bits per heavy atom. The third-order valence-corrected chi connectivity index (χ3v) is 4.45. The van der Waals surface area contributed by atoms with Crippen molar-refractivity contribution in [2.45, 2.75) is 39.7 Å². The van der Waals surface area contributed by atoms with Crippen molar-refractivity contribution in [2.24, 2.45) is 17.6 Å². The van der Waals surface area contributed by atoms with Gasteiger partial charge in [0.1, 0.15) is 0 Å². The summed E-state index contributed by atoms with van der Waals surface area (Å²) in [6.45, 7) is 6.95. The van der Waals surface area contributed by atoms with Gasteiger partial charge >= 0.3 is 0 Å². The fourth-order valence-corrected chi connectivity index (χ4v) is 2.90. The average molecular weight is 274 g/mol. The summed E-state index contributed by atoms with van der Waals surface area (Å²) < 4.78 is 0. The van der Waals surface area contributed by atoms with Gasteiger partial charge in [0.05, 0.1) is 6.42 Å². The van der Waals surface area contributed by atoms with Crippen molar-refractivity contribution in [2.75, 3.05) is 13.1 Å². The summed E-state index contributed by atoms with van der Waals surface area (Å²) in [6, 6.07) is 8.04. The molecule has 1 aliphatic rings. The van der Waals surface area contributed by atoms with Crippen LogP contribution in [0, 0.1) is 11.8 Å². The number of nitrogens with zero attached hydrogens (tertiary/aromatic N) is 1. The Morgan fingerprint density at radius 3 is 2.25 bits per heavy atom. The summed E-state index contributed by atoms with van der Waals surface area (Å²) in [6.07, 6.45) is 2.81. The standard InChI is InChI=1S/C17H26N2O/c1-13(2)16-7-9-19(10-8-16)17(20)11-14-3-5-15(12-18)6-4-14/h3-6,13,16H,7-12,18H2,1-2H3. The van der Waals surface area contributed by atoms with Gasteiger partial charge in [0, 0.05) is 19.6 Å². The molecule has 1 aromatic rings. The molecule has 110 valence electrons. The number of rotatable bonds is 4. The van der Waals surface area contributed by atoms with Gasteiger partial charge in [0.25, 0.3) is 0 Å². The molecule has 2 N–H and O–H groups in total. The van der Waals surface area contributed by atoms with Crippen molar-refractivity contribution in [3.63, 3.8) is 0 Å². The maximum Gasteiger partial charge on any atom is 0.226 e. The van der Waals surface area contributed by atoms with Crippen LogP contribution in [0.15, 0.2) is 24.3 Å². The first-order valence-electron chi connectivity index (χ1n) is 7.65. The zero-order valence-electron chi connectivity index (χ0n) is 12.6. The second kappa shape index (κ2) is 6.89. The molecule has 1 aromatic carbocycles. The molecule has 0 bridgehead atoms. The van der Waals surface area contributed by atoms with Crippen molar-refractivity contribution in [3.8, 4) is 0 Å². The van der Waals surface area contributed by atoms with Gasteiger partial charge in [-0.1, -0.05) is 38.1 Å². The van der Waals surface area contributed by atoms with Crippen molar-refractivity contribution >= 4 is 5.91 Å². The van der Waals surface area contributed by atoms with E-state index >= 15 is 0 Å². The van der Waals surface area contributed by atoms with Crippen LogP contribution >= 0.6 is 0 Å². The fourth-order valence-electron chi connectivity index (χ4n) is 2.90. The molecule has 0 aromatic heterocycles. The number of amides is 1. The van der Waals surface area contributed by atoms with Crippen molar-refractivity contribution < 1.29 is 4.79 Å². The lowest BCUT2D eigenvalue weighted by atomic mass is 9.86. The van der Waals surface area contributed by atoms with Gasteiger partial charge in [-0.2, -0.15) is 0 Å². The SMILES string of the molecule is CC(C)C1CCN(C(=O)Cc2ccc(CN)cc2)CC1. The highest BCUT2D eigenvalue weighted by Crippen LogP contribution is 2.24. The van der Waals surface area contributed by atoms with Crippen LogP contribution in [-0.4, -0.2) is 23.9 Å². The molecule has 1 fully saturated rings. The molecule has 0 atom stereocenters. The number of benzene rings is 1. The van der Waals surface area contributed by atoms with Crippen molar-refractivity contribution in [3.05, 3.63) is 35.4 Å². The van der Waals surface area contributed by atoms with Crippen LogP contribution < -0.4 is 5.73 Å². The number of nitrogens with two attached hydrogens (primary N) is 1. The van der Waals surface area contributed by atoms with E-state index in [2.05, 4.69) is 13.8 Å². The highest BCUT2D eigenvalue weighted by Gasteiger charge is 2.24.